The summed E-state index contributed by atoms with van der Waals surface area (Å²) in [6.45, 7) is 1.07. The van der Waals surface area contributed by atoms with E-state index in [0.717, 1.165) is 22.4 Å². The van der Waals surface area contributed by atoms with E-state index in [1.807, 2.05) is 47.8 Å². The van der Waals surface area contributed by atoms with Gasteiger partial charge in [0.25, 0.3) is 5.91 Å². The second-order valence-electron chi connectivity index (χ2n) is 6.36. The van der Waals surface area contributed by atoms with Crippen molar-refractivity contribution in [3.8, 4) is 22.8 Å². The van der Waals surface area contributed by atoms with Crippen LogP contribution in [0.3, 0.4) is 0 Å². The van der Waals surface area contributed by atoms with Gasteiger partial charge in [-0.25, -0.2) is 9.97 Å². The standard InChI is InChI=1S/C21H14ClN3O3S/c22-19-10-14(13-3-1-2-4-15(13)23-19)20(26)25-21-24-16(11-29-21)12-5-6-17-18(9-12)28-8-7-27-17/h1-6,9-11H,7-8H2,(H,24,25,26). The number of nitrogens with zero attached hydrogens (tertiary/aromatic N) is 2. The maximum atomic E-state index is 12.9. The van der Waals surface area contributed by atoms with Crippen molar-refractivity contribution in [3.05, 3.63) is 64.6 Å². The molecule has 0 aliphatic carbocycles. The number of rotatable bonds is 3. The fourth-order valence-corrected chi connectivity index (χ4v) is 4.08. The molecule has 5 rings (SSSR count). The smallest absolute Gasteiger partial charge is 0.258 e. The van der Waals surface area contributed by atoms with Gasteiger partial charge in [-0.1, -0.05) is 29.8 Å². The molecule has 0 fully saturated rings. The van der Waals surface area contributed by atoms with E-state index in [-0.39, 0.29) is 11.1 Å². The zero-order valence-electron chi connectivity index (χ0n) is 15.0. The molecule has 0 spiro atoms. The average molecular weight is 424 g/mol. The fourth-order valence-electron chi connectivity index (χ4n) is 3.16. The van der Waals surface area contributed by atoms with E-state index < -0.39 is 0 Å². The van der Waals surface area contributed by atoms with Crippen LogP contribution >= 0.6 is 22.9 Å². The summed E-state index contributed by atoms with van der Waals surface area (Å²) in [6, 6.07) is 14.6. The Morgan fingerprint density at radius 2 is 1.86 bits per heavy atom. The Morgan fingerprint density at radius 3 is 2.76 bits per heavy atom. The summed E-state index contributed by atoms with van der Waals surface area (Å²) in [6.07, 6.45) is 0. The van der Waals surface area contributed by atoms with Gasteiger partial charge in [-0.3, -0.25) is 10.1 Å². The number of pyridine rings is 1. The number of amides is 1. The van der Waals surface area contributed by atoms with Crippen LogP contribution in [0.25, 0.3) is 22.2 Å². The minimum absolute atomic E-state index is 0.268. The minimum atomic E-state index is -0.284. The molecule has 6 nitrogen and oxygen atoms in total. The van der Waals surface area contributed by atoms with Crippen molar-refractivity contribution in [1.82, 2.24) is 9.97 Å². The highest BCUT2D eigenvalue weighted by molar-refractivity contribution is 7.14. The first-order chi connectivity index (χ1) is 14.2. The molecule has 2 aromatic heterocycles. The van der Waals surface area contributed by atoms with Crippen molar-refractivity contribution in [2.24, 2.45) is 0 Å². The number of carbonyl (C=O) groups is 1. The zero-order valence-corrected chi connectivity index (χ0v) is 16.6. The van der Waals surface area contributed by atoms with Gasteiger partial charge in [-0.15, -0.1) is 11.3 Å². The molecule has 144 valence electrons. The number of hydrogen-bond acceptors (Lipinski definition) is 6. The summed E-state index contributed by atoms with van der Waals surface area (Å²) >= 11 is 7.44. The highest BCUT2D eigenvalue weighted by Crippen LogP contribution is 2.35. The summed E-state index contributed by atoms with van der Waals surface area (Å²) in [7, 11) is 0. The molecule has 29 heavy (non-hydrogen) atoms. The summed E-state index contributed by atoms with van der Waals surface area (Å²) in [5, 5.41) is 6.24. The van der Waals surface area contributed by atoms with Crippen LogP contribution in [0.4, 0.5) is 5.13 Å². The van der Waals surface area contributed by atoms with Crippen LogP contribution in [0.5, 0.6) is 11.5 Å². The molecular formula is C21H14ClN3O3S. The van der Waals surface area contributed by atoms with Crippen LogP contribution in [-0.2, 0) is 0 Å². The third kappa shape index (κ3) is 3.50. The first kappa shape index (κ1) is 17.9. The number of fused-ring (bicyclic) bond motifs is 2. The van der Waals surface area contributed by atoms with E-state index in [1.165, 1.54) is 11.3 Å². The molecule has 0 saturated carbocycles. The predicted octanol–water partition coefficient (Wildman–Crippen LogP) is 5.04. The molecular weight excluding hydrogens is 410 g/mol. The monoisotopic (exact) mass is 423 g/mol. The van der Waals surface area contributed by atoms with E-state index >= 15 is 0 Å². The first-order valence-corrected chi connectivity index (χ1v) is 10.2. The molecule has 1 N–H and O–H groups in total. The molecule has 0 bridgehead atoms. The molecule has 1 aliphatic heterocycles. The number of thiazole rings is 1. The third-order valence-corrected chi connectivity index (χ3v) is 5.44. The molecule has 8 heteroatoms. The number of para-hydroxylation sites is 1. The number of anilines is 1. The van der Waals surface area contributed by atoms with Gasteiger partial charge in [0.05, 0.1) is 16.8 Å². The van der Waals surface area contributed by atoms with Gasteiger partial charge in [-0.2, -0.15) is 0 Å². The van der Waals surface area contributed by atoms with Gasteiger partial charge >= 0.3 is 0 Å². The van der Waals surface area contributed by atoms with E-state index in [0.29, 0.717) is 35.2 Å². The van der Waals surface area contributed by atoms with E-state index in [2.05, 4.69) is 15.3 Å². The second kappa shape index (κ2) is 7.35. The highest BCUT2D eigenvalue weighted by atomic mass is 35.5. The maximum absolute atomic E-state index is 12.9. The van der Waals surface area contributed by atoms with Crippen LogP contribution in [0, 0.1) is 0 Å². The quantitative estimate of drug-likeness (QED) is 0.467. The predicted molar refractivity (Wildman–Crippen MR) is 113 cm³/mol. The molecule has 0 radical (unpaired) electrons. The average Bonchev–Trinajstić information content (AvgIpc) is 3.21. The SMILES string of the molecule is O=C(Nc1nc(-c2ccc3c(c2)OCCO3)cs1)c1cc(Cl)nc2ccccc12. The molecule has 0 saturated heterocycles. The van der Waals surface area contributed by atoms with Crippen molar-refractivity contribution < 1.29 is 14.3 Å². The van der Waals surface area contributed by atoms with Crippen LogP contribution in [-0.4, -0.2) is 29.1 Å². The Balaban J connectivity index is 1.41. The van der Waals surface area contributed by atoms with Gasteiger partial charge in [0.2, 0.25) is 0 Å². The number of carbonyl (C=O) groups excluding carboxylic acids is 1. The topological polar surface area (TPSA) is 73.3 Å². The van der Waals surface area contributed by atoms with Crippen LogP contribution in [0.2, 0.25) is 5.15 Å². The number of benzene rings is 2. The van der Waals surface area contributed by atoms with Gasteiger partial charge in [0.15, 0.2) is 16.6 Å². The summed E-state index contributed by atoms with van der Waals surface area (Å²) in [4.78, 5) is 21.6. The summed E-state index contributed by atoms with van der Waals surface area (Å²) in [5.41, 5.74) is 2.77. The normalized spacial score (nSPS) is 12.7. The van der Waals surface area contributed by atoms with Crippen molar-refractivity contribution in [1.29, 1.82) is 0 Å². The van der Waals surface area contributed by atoms with Crippen molar-refractivity contribution in [2.45, 2.75) is 0 Å². The van der Waals surface area contributed by atoms with Crippen LogP contribution < -0.4 is 14.8 Å². The lowest BCUT2D eigenvalue weighted by molar-refractivity contribution is 0.102. The number of halogens is 1. The van der Waals surface area contributed by atoms with Crippen molar-refractivity contribution in [3.63, 3.8) is 0 Å². The molecule has 0 atom stereocenters. The fraction of sp³-hybridized carbons (Fsp3) is 0.0952. The molecule has 1 amide bonds. The van der Waals surface area contributed by atoms with Crippen molar-refractivity contribution in [2.75, 3.05) is 18.5 Å². The number of nitrogens with one attached hydrogen (secondary N) is 1. The number of ether oxygens (including phenoxy) is 2. The maximum Gasteiger partial charge on any atom is 0.258 e. The van der Waals surface area contributed by atoms with E-state index in [9.17, 15) is 4.79 Å². The molecule has 1 aliphatic rings. The highest BCUT2D eigenvalue weighted by Gasteiger charge is 2.16. The number of hydrogen-bond donors (Lipinski definition) is 1. The van der Waals surface area contributed by atoms with Gasteiger partial charge in [0.1, 0.15) is 18.4 Å². The lowest BCUT2D eigenvalue weighted by Gasteiger charge is -2.18. The van der Waals surface area contributed by atoms with E-state index in [1.54, 1.807) is 6.07 Å². The third-order valence-electron chi connectivity index (χ3n) is 4.49. The molecule has 0 unspecified atom stereocenters. The number of aromatic nitrogens is 2. The largest absolute Gasteiger partial charge is 0.486 e. The Bertz CT molecular complexity index is 1240. The van der Waals surface area contributed by atoms with Crippen LogP contribution in [0.1, 0.15) is 10.4 Å². The lowest BCUT2D eigenvalue weighted by Crippen LogP contribution is -2.15. The minimum Gasteiger partial charge on any atom is -0.486 e. The second-order valence-corrected chi connectivity index (χ2v) is 7.61. The van der Waals surface area contributed by atoms with Crippen molar-refractivity contribution >= 4 is 44.9 Å². The summed E-state index contributed by atoms with van der Waals surface area (Å²) < 4.78 is 11.2. The van der Waals surface area contributed by atoms with Gasteiger partial charge in [0, 0.05) is 16.3 Å². The summed E-state index contributed by atoms with van der Waals surface area (Å²) in [5.74, 6) is 1.14. The Morgan fingerprint density at radius 1 is 1.03 bits per heavy atom. The zero-order chi connectivity index (χ0) is 19.8. The van der Waals surface area contributed by atoms with Crippen LogP contribution in [0.15, 0.2) is 53.9 Å². The molecule has 2 aromatic carbocycles. The Hall–Kier alpha value is -3.16. The van der Waals surface area contributed by atoms with Gasteiger partial charge in [-0.05, 0) is 30.3 Å². The van der Waals surface area contributed by atoms with Gasteiger partial charge < -0.3 is 9.47 Å². The first-order valence-electron chi connectivity index (χ1n) is 8.89. The lowest BCUT2D eigenvalue weighted by atomic mass is 10.1. The van der Waals surface area contributed by atoms with E-state index in [4.69, 9.17) is 21.1 Å². The molecule has 3 heterocycles. The Labute approximate surface area is 175 Å². The molecule has 4 aromatic rings. The Kier molecular flexibility index (Phi) is 4.54.